The van der Waals surface area contributed by atoms with Gasteiger partial charge in [-0.1, -0.05) is 60.7 Å². The summed E-state index contributed by atoms with van der Waals surface area (Å²) < 4.78 is 0. The summed E-state index contributed by atoms with van der Waals surface area (Å²) in [6.45, 7) is 0. The second-order valence-electron chi connectivity index (χ2n) is 9.72. The lowest BCUT2D eigenvalue weighted by Crippen LogP contribution is -2.55. The van der Waals surface area contributed by atoms with Crippen molar-refractivity contribution in [2.24, 2.45) is 35.5 Å². The molecule has 2 bridgehead atoms. The van der Waals surface area contributed by atoms with Gasteiger partial charge in [0.25, 0.3) is 23.6 Å². The van der Waals surface area contributed by atoms with Crippen LogP contribution in [0.4, 0.5) is 0 Å². The fourth-order valence-corrected chi connectivity index (χ4v) is 6.15. The molecule has 2 unspecified atom stereocenters. The van der Waals surface area contributed by atoms with Gasteiger partial charge >= 0.3 is 0 Å². The molecule has 172 valence electrons. The molecule has 2 aromatic rings. The van der Waals surface area contributed by atoms with Crippen LogP contribution in [0.3, 0.4) is 0 Å². The Kier molecular flexibility index (Phi) is 4.86. The van der Waals surface area contributed by atoms with E-state index in [9.17, 15) is 19.2 Å². The molecule has 7 atom stereocenters. The van der Waals surface area contributed by atoms with E-state index in [0.29, 0.717) is 17.4 Å². The first kappa shape index (κ1) is 20.8. The highest BCUT2D eigenvalue weighted by Crippen LogP contribution is 2.65. The predicted octanol–water partition coefficient (Wildman–Crippen LogP) is 2.11. The molecule has 5 aliphatic rings. The highest BCUT2D eigenvalue weighted by molar-refractivity contribution is 6.07. The predicted molar refractivity (Wildman–Crippen MR) is 123 cm³/mol. The summed E-state index contributed by atoms with van der Waals surface area (Å²) in [6.07, 6.45) is 5.49. The Morgan fingerprint density at radius 3 is 2.00 bits per heavy atom. The topological polar surface area (TPSA) is 95.6 Å². The minimum absolute atomic E-state index is 0.0799. The van der Waals surface area contributed by atoms with Crippen LogP contribution in [-0.2, 0) is 20.8 Å². The molecule has 1 aliphatic heterocycles. The Morgan fingerprint density at radius 1 is 0.853 bits per heavy atom. The van der Waals surface area contributed by atoms with E-state index in [2.05, 4.69) is 22.9 Å². The van der Waals surface area contributed by atoms with Crippen molar-refractivity contribution in [3.8, 4) is 0 Å². The Balaban J connectivity index is 1.22. The Bertz CT molecular complexity index is 1160. The van der Waals surface area contributed by atoms with Crippen LogP contribution < -0.4 is 10.7 Å². The maximum absolute atomic E-state index is 13.3. The SMILES string of the molecule is O=C(N[C@@H](Cc1ccccc1)C(=O)NN1C(=O)[C@@H]2[C@H](C1=O)[C@@H]1C=C[C@H]2C2CC21)c1ccccc1. The van der Waals surface area contributed by atoms with E-state index in [4.69, 9.17) is 0 Å². The fourth-order valence-electron chi connectivity index (χ4n) is 6.15. The van der Waals surface area contributed by atoms with Crippen molar-refractivity contribution in [1.29, 1.82) is 0 Å². The fraction of sp³-hybridized carbons (Fsp3) is 0.333. The quantitative estimate of drug-likeness (QED) is 0.515. The van der Waals surface area contributed by atoms with Gasteiger partial charge < -0.3 is 5.32 Å². The number of nitrogens with zero attached hydrogens (tertiary/aromatic N) is 1. The number of hydrogen-bond acceptors (Lipinski definition) is 4. The number of hydrogen-bond donors (Lipinski definition) is 2. The van der Waals surface area contributed by atoms with E-state index in [1.807, 2.05) is 30.3 Å². The summed E-state index contributed by atoms with van der Waals surface area (Å²) in [5, 5.41) is 3.70. The summed E-state index contributed by atoms with van der Waals surface area (Å²) in [5.41, 5.74) is 3.84. The van der Waals surface area contributed by atoms with E-state index in [1.165, 1.54) is 0 Å². The zero-order chi connectivity index (χ0) is 23.4. The van der Waals surface area contributed by atoms with Gasteiger partial charge in [-0.25, -0.2) is 0 Å². The molecular formula is C27H25N3O4. The Hall–Kier alpha value is -3.74. The average molecular weight is 456 g/mol. The largest absolute Gasteiger partial charge is 0.340 e. The second kappa shape index (κ2) is 7.94. The van der Waals surface area contributed by atoms with Gasteiger partial charge in [-0.15, -0.1) is 0 Å². The molecule has 0 radical (unpaired) electrons. The highest BCUT2D eigenvalue weighted by atomic mass is 16.2. The lowest BCUT2D eigenvalue weighted by molar-refractivity contribution is -0.149. The maximum Gasteiger partial charge on any atom is 0.261 e. The van der Waals surface area contributed by atoms with Gasteiger partial charge in [0, 0.05) is 12.0 Å². The summed E-state index contributed by atoms with van der Waals surface area (Å²) >= 11 is 0. The molecule has 7 heteroatoms. The van der Waals surface area contributed by atoms with Crippen LogP contribution in [0.5, 0.6) is 0 Å². The molecule has 2 aromatic carbocycles. The maximum atomic E-state index is 13.3. The third-order valence-electron chi connectivity index (χ3n) is 7.83. The lowest BCUT2D eigenvalue weighted by atomic mass is 9.63. The van der Waals surface area contributed by atoms with Crippen LogP contribution in [0.1, 0.15) is 22.3 Å². The van der Waals surface area contributed by atoms with Crippen molar-refractivity contribution < 1.29 is 19.2 Å². The molecular weight excluding hydrogens is 430 g/mol. The highest BCUT2D eigenvalue weighted by Gasteiger charge is 2.67. The van der Waals surface area contributed by atoms with Gasteiger partial charge in [-0.3, -0.25) is 24.6 Å². The van der Waals surface area contributed by atoms with Crippen molar-refractivity contribution in [2.75, 3.05) is 0 Å². The van der Waals surface area contributed by atoms with Crippen molar-refractivity contribution in [3.63, 3.8) is 0 Å². The van der Waals surface area contributed by atoms with E-state index < -0.39 is 29.7 Å². The van der Waals surface area contributed by atoms with Crippen LogP contribution in [0.15, 0.2) is 72.8 Å². The average Bonchev–Trinajstić information content (AvgIpc) is 3.65. The van der Waals surface area contributed by atoms with Crippen molar-refractivity contribution in [1.82, 2.24) is 15.8 Å². The molecule has 1 heterocycles. The monoisotopic (exact) mass is 455 g/mol. The summed E-state index contributed by atoms with van der Waals surface area (Å²) in [6, 6.07) is 17.0. The molecule has 4 amide bonds. The first-order valence-corrected chi connectivity index (χ1v) is 11.8. The standard InChI is InChI=1S/C27H25N3O4/c31-24(16-9-5-2-6-10-16)28-21(13-15-7-3-1-4-8-15)25(32)29-30-26(33)22-17-11-12-18(20-14-19(17)20)23(22)27(30)34/h1-12,17-23H,13-14H2,(H,28,31)(H,29,32)/t17-,18+,19?,20?,21-,22-,23+/m0/s1. The van der Waals surface area contributed by atoms with Gasteiger partial charge in [-0.05, 0) is 47.8 Å². The molecule has 7 nitrogen and oxygen atoms in total. The molecule has 2 saturated carbocycles. The number of amides is 4. The molecule has 3 fully saturated rings. The molecule has 4 aliphatic carbocycles. The Labute approximate surface area is 197 Å². The van der Waals surface area contributed by atoms with Gasteiger partial charge in [0.1, 0.15) is 6.04 Å². The molecule has 7 rings (SSSR count). The summed E-state index contributed by atoms with van der Waals surface area (Å²) in [4.78, 5) is 52.6. The van der Waals surface area contributed by atoms with Crippen LogP contribution in [0.2, 0.25) is 0 Å². The Morgan fingerprint density at radius 2 is 1.41 bits per heavy atom. The van der Waals surface area contributed by atoms with E-state index in [1.54, 1.807) is 30.3 Å². The first-order chi connectivity index (χ1) is 16.5. The van der Waals surface area contributed by atoms with E-state index in [-0.39, 0.29) is 30.1 Å². The number of nitrogens with one attached hydrogen (secondary N) is 2. The number of benzene rings is 2. The van der Waals surface area contributed by atoms with Crippen molar-refractivity contribution >= 4 is 23.6 Å². The number of allylic oxidation sites excluding steroid dienone is 2. The van der Waals surface area contributed by atoms with Gasteiger partial charge in [0.2, 0.25) is 0 Å². The zero-order valence-corrected chi connectivity index (χ0v) is 18.5. The smallest absolute Gasteiger partial charge is 0.261 e. The van der Waals surface area contributed by atoms with Gasteiger partial charge in [0.05, 0.1) is 11.8 Å². The first-order valence-electron chi connectivity index (χ1n) is 11.8. The van der Waals surface area contributed by atoms with E-state index in [0.717, 1.165) is 17.0 Å². The third-order valence-corrected chi connectivity index (χ3v) is 7.83. The molecule has 1 saturated heterocycles. The van der Waals surface area contributed by atoms with Crippen LogP contribution >= 0.6 is 0 Å². The number of imide groups is 1. The van der Waals surface area contributed by atoms with Crippen molar-refractivity contribution in [3.05, 3.63) is 83.9 Å². The number of hydrazine groups is 1. The van der Waals surface area contributed by atoms with Gasteiger partial charge in [0.15, 0.2) is 0 Å². The minimum Gasteiger partial charge on any atom is -0.340 e. The summed E-state index contributed by atoms with van der Waals surface area (Å²) in [7, 11) is 0. The molecule has 0 aromatic heterocycles. The zero-order valence-electron chi connectivity index (χ0n) is 18.5. The number of carbonyl (C=O) groups is 4. The summed E-state index contributed by atoms with van der Waals surface area (Å²) in [5.74, 6) is -1.30. The third kappa shape index (κ3) is 3.34. The lowest BCUT2D eigenvalue weighted by Gasteiger charge is -2.37. The van der Waals surface area contributed by atoms with Crippen LogP contribution in [0.25, 0.3) is 0 Å². The van der Waals surface area contributed by atoms with E-state index >= 15 is 0 Å². The van der Waals surface area contributed by atoms with Crippen molar-refractivity contribution in [2.45, 2.75) is 18.9 Å². The van der Waals surface area contributed by atoms with Gasteiger partial charge in [-0.2, -0.15) is 5.01 Å². The van der Waals surface area contributed by atoms with Crippen LogP contribution in [-0.4, -0.2) is 34.7 Å². The number of rotatable bonds is 6. The van der Waals surface area contributed by atoms with Crippen LogP contribution in [0, 0.1) is 35.5 Å². The second-order valence-corrected chi connectivity index (χ2v) is 9.72. The molecule has 2 N–H and O–H groups in total. The number of carbonyl (C=O) groups excluding carboxylic acids is 4. The minimum atomic E-state index is -0.957. The molecule has 34 heavy (non-hydrogen) atoms. The normalized spacial score (nSPS) is 31.0. The molecule has 0 spiro atoms.